The van der Waals surface area contributed by atoms with Gasteiger partial charge < -0.3 is 15.0 Å². The average Bonchev–Trinajstić information content (AvgIpc) is 2.60. The summed E-state index contributed by atoms with van der Waals surface area (Å²) in [4.78, 5) is 14.4. The van der Waals surface area contributed by atoms with E-state index in [1.807, 2.05) is 0 Å². The highest BCUT2D eigenvalue weighted by Crippen LogP contribution is 2.34. The van der Waals surface area contributed by atoms with E-state index in [-0.39, 0.29) is 12.0 Å². The molecule has 3 unspecified atom stereocenters. The fourth-order valence-corrected chi connectivity index (χ4v) is 3.68. The first-order chi connectivity index (χ1) is 9.01. The zero-order chi connectivity index (χ0) is 14.0. The van der Waals surface area contributed by atoms with E-state index in [0.29, 0.717) is 24.0 Å². The van der Waals surface area contributed by atoms with Crippen LogP contribution >= 0.6 is 0 Å². The summed E-state index contributed by atoms with van der Waals surface area (Å²) in [7, 11) is 3.72. The van der Waals surface area contributed by atoms with Gasteiger partial charge in [0.25, 0.3) is 0 Å². The first kappa shape index (κ1) is 14.8. The van der Waals surface area contributed by atoms with Gasteiger partial charge in [0.1, 0.15) is 6.04 Å². The van der Waals surface area contributed by atoms with Gasteiger partial charge in [0.2, 0.25) is 0 Å². The molecule has 110 valence electrons. The molecule has 0 spiro atoms. The van der Waals surface area contributed by atoms with Crippen LogP contribution in [0.15, 0.2) is 0 Å². The Balaban J connectivity index is 1.92. The molecule has 0 saturated carbocycles. The van der Waals surface area contributed by atoms with E-state index in [1.165, 1.54) is 32.8 Å². The Bertz CT molecular complexity index is 305. The highest BCUT2D eigenvalue weighted by Gasteiger charge is 2.39. The Morgan fingerprint density at radius 3 is 2.37 bits per heavy atom. The number of nitrogens with one attached hydrogen (secondary N) is 1. The lowest BCUT2D eigenvalue weighted by molar-refractivity contribution is -0.144. The maximum Gasteiger partial charge on any atom is 0.322 e. The van der Waals surface area contributed by atoms with Crippen molar-refractivity contribution in [2.45, 2.75) is 70.1 Å². The molecule has 0 aromatic rings. The number of methoxy groups -OCH3 is 1. The summed E-state index contributed by atoms with van der Waals surface area (Å²) in [6.07, 6.45) is 5.81. The Kier molecular flexibility index (Phi) is 4.85. The number of esters is 1. The highest BCUT2D eigenvalue weighted by molar-refractivity contribution is 5.75. The van der Waals surface area contributed by atoms with E-state index >= 15 is 0 Å². The number of ether oxygens (including phenoxy) is 1. The Hall–Kier alpha value is -0.610. The first-order valence-electron chi connectivity index (χ1n) is 7.57. The quantitative estimate of drug-likeness (QED) is 0.772. The molecule has 2 fully saturated rings. The summed E-state index contributed by atoms with van der Waals surface area (Å²) in [6, 6.07) is 1.73. The molecule has 2 heterocycles. The fraction of sp³-hybridized carbons (Fsp3) is 0.933. The van der Waals surface area contributed by atoms with Crippen LogP contribution in [0, 0.1) is 5.92 Å². The minimum Gasteiger partial charge on any atom is -0.468 e. The molecule has 0 aromatic heterocycles. The molecule has 0 aromatic carbocycles. The Labute approximate surface area is 116 Å². The van der Waals surface area contributed by atoms with Crippen LogP contribution in [0.1, 0.15) is 46.0 Å². The van der Waals surface area contributed by atoms with Gasteiger partial charge in [0.15, 0.2) is 0 Å². The molecule has 2 bridgehead atoms. The van der Waals surface area contributed by atoms with Gasteiger partial charge in [-0.3, -0.25) is 4.79 Å². The zero-order valence-corrected chi connectivity index (χ0v) is 12.7. The monoisotopic (exact) mass is 268 g/mol. The molecule has 1 N–H and O–H groups in total. The lowest BCUT2D eigenvalue weighted by Crippen LogP contribution is -2.52. The predicted molar refractivity (Wildman–Crippen MR) is 76.0 cm³/mol. The number of fused-ring (bicyclic) bond motifs is 2. The van der Waals surface area contributed by atoms with E-state index in [1.54, 1.807) is 0 Å². The van der Waals surface area contributed by atoms with Crippen LogP contribution in [0.5, 0.6) is 0 Å². The van der Waals surface area contributed by atoms with Crippen LogP contribution in [0.4, 0.5) is 0 Å². The average molecular weight is 268 g/mol. The predicted octanol–water partition coefficient (Wildman–Crippen LogP) is 1.79. The van der Waals surface area contributed by atoms with Crippen molar-refractivity contribution in [1.29, 1.82) is 0 Å². The lowest BCUT2D eigenvalue weighted by atomic mass is 9.95. The minimum absolute atomic E-state index is 0.111. The van der Waals surface area contributed by atoms with Gasteiger partial charge in [0, 0.05) is 18.1 Å². The largest absolute Gasteiger partial charge is 0.468 e. The maximum atomic E-state index is 11.9. The van der Waals surface area contributed by atoms with Gasteiger partial charge in [-0.05, 0) is 45.1 Å². The van der Waals surface area contributed by atoms with Crippen LogP contribution < -0.4 is 5.32 Å². The third-order valence-corrected chi connectivity index (χ3v) is 4.73. The van der Waals surface area contributed by atoms with E-state index in [4.69, 9.17) is 4.74 Å². The molecule has 4 nitrogen and oxygen atoms in total. The molecule has 2 saturated heterocycles. The SMILES string of the molecule is COC(=O)C(CC(C)C)NC1CC2CCC(C1)N2C. The van der Waals surface area contributed by atoms with Gasteiger partial charge in [0.05, 0.1) is 7.11 Å². The molecular weight excluding hydrogens is 240 g/mol. The summed E-state index contributed by atoms with van der Waals surface area (Å²) in [6.45, 7) is 4.30. The van der Waals surface area contributed by atoms with E-state index in [0.717, 1.165) is 6.42 Å². The number of nitrogens with zero attached hydrogens (tertiary/aromatic N) is 1. The van der Waals surface area contributed by atoms with E-state index < -0.39 is 0 Å². The minimum atomic E-state index is -0.141. The Morgan fingerprint density at radius 2 is 1.89 bits per heavy atom. The number of carbonyl (C=O) groups excluding carboxylic acids is 1. The maximum absolute atomic E-state index is 11.9. The van der Waals surface area contributed by atoms with E-state index in [2.05, 4.69) is 31.1 Å². The van der Waals surface area contributed by atoms with Gasteiger partial charge in [-0.25, -0.2) is 0 Å². The standard InChI is InChI=1S/C15H28N2O2/c1-10(2)7-14(15(18)19-4)16-11-8-12-5-6-13(9-11)17(12)3/h10-14,16H,5-9H2,1-4H3. The fourth-order valence-electron chi connectivity index (χ4n) is 3.68. The second-order valence-electron chi connectivity index (χ2n) is 6.59. The van der Waals surface area contributed by atoms with E-state index in [9.17, 15) is 4.79 Å². The van der Waals surface area contributed by atoms with Crippen molar-refractivity contribution in [1.82, 2.24) is 10.2 Å². The molecule has 2 rings (SSSR count). The molecule has 19 heavy (non-hydrogen) atoms. The Morgan fingerprint density at radius 1 is 1.32 bits per heavy atom. The molecular formula is C15H28N2O2. The van der Waals surface area contributed by atoms with Crippen molar-refractivity contribution in [2.24, 2.45) is 5.92 Å². The van der Waals surface area contributed by atoms with Gasteiger partial charge >= 0.3 is 5.97 Å². The zero-order valence-electron chi connectivity index (χ0n) is 12.7. The molecule has 0 radical (unpaired) electrons. The summed E-state index contributed by atoms with van der Waals surface area (Å²) in [5.74, 6) is 0.388. The number of hydrogen-bond acceptors (Lipinski definition) is 4. The normalized spacial score (nSPS) is 32.6. The number of carbonyl (C=O) groups is 1. The van der Waals surface area contributed by atoms with Crippen LogP contribution in [0.2, 0.25) is 0 Å². The van der Waals surface area contributed by atoms with Crippen LogP contribution in [-0.4, -0.2) is 49.2 Å². The van der Waals surface area contributed by atoms with Crippen molar-refractivity contribution in [3.05, 3.63) is 0 Å². The molecule has 0 amide bonds. The van der Waals surface area contributed by atoms with Gasteiger partial charge in [-0.1, -0.05) is 13.8 Å². The first-order valence-corrected chi connectivity index (χ1v) is 7.57. The summed E-state index contributed by atoms with van der Waals surface area (Å²) >= 11 is 0. The summed E-state index contributed by atoms with van der Waals surface area (Å²) < 4.78 is 4.93. The second kappa shape index (κ2) is 6.23. The van der Waals surface area contributed by atoms with Crippen molar-refractivity contribution in [2.75, 3.05) is 14.2 Å². The number of rotatable bonds is 5. The summed E-state index contributed by atoms with van der Waals surface area (Å²) in [5, 5.41) is 3.56. The topological polar surface area (TPSA) is 41.6 Å². The van der Waals surface area contributed by atoms with Crippen molar-refractivity contribution in [3.8, 4) is 0 Å². The third kappa shape index (κ3) is 3.48. The van der Waals surface area contributed by atoms with Crippen LogP contribution in [0.3, 0.4) is 0 Å². The lowest BCUT2D eigenvalue weighted by Gasteiger charge is -2.38. The van der Waals surface area contributed by atoms with Crippen molar-refractivity contribution in [3.63, 3.8) is 0 Å². The van der Waals surface area contributed by atoms with Crippen LogP contribution in [0.25, 0.3) is 0 Å². The van der Waals surface area contributed by atoms with Gasteiger partial charge in [-0.15, -0.1) is 0 Å². The molecule has 2 aliphatic heterocycles. The molecule has 0 aliphatic carbocycles. The number of hydrogen-bond donors (Lipinski definition) is 1. The van der Waals surface area contributed by atoms with Crippen molar-refractivity contribution < 1.29 is 9.53 Å². The second-order valence-corrected chi connectivity index (χ2v) is 6.59. The molecule has 4 heteroatoms. The summed E-state index contributed by atoms with van der Waals surface area (Å²) in [5.41, 5.74) is 0. The van der Waals surface area contributed by atoms with Crippen molar-refractivity contribution >= 4 is 5.97 Å². The third-order valence-electron chi connectivity index (χ3n) is 4.73. The number of piperidine rings is 1. The molecule has 2 aliphatic rings. The highest BCUT2D eigenvalue weighted by atomic mass is 16.5. The van der Waals surface area contributed by atoms with Gasteiger partial charge in [-0.2, -0.15) is 0 Å². The van der Waals surface area contributed by atoms with Crippen LogP contribution in [-0.2, 0) is 9.53 Å². The molecule has 3 atom stereocenters. The smallest absolute Gasteiger partial charge is 0.322 e.